The topological polar surface area (TPSA) is 92.8 Å². The highest BCUT2D eigenvalue weighted by Gasteiger charge is 2.35. The Morgan fingerprint density at radius 2 is 1.84 bits per heavy atom. The van der Waals surface area contributed by atoms with Crippen LogP contribution in [0.2, 0.25) is 0 Å². The number of thiophene rings is 1. The average Bonchev–Trinajstić information content (AvgIpc) is 2.86. The van der Waals surface area contributed by atoms with E-state index in [0.29, 0.717) is 23.4 Å². The first-order chi connectivity index (χ1) is 14.7. The number of imide groups is 1. The normalized spacial score (nSPS) is 16.6. The molecular formula is C22H23FN2O5S. The lowest BCUT2D eigenvalue weighted by Gasteiger charge is -2.23. The van der Waals surface area contributed by atoms with Crippen LogP contribution >= 0.6 is 11.3 Å². The minimum absolute atomic E-state index is 0.180. The highest BCUT2D eigenvalue weighted by molar-refractivity contribution is 7.16. The van der Waals surface area contributed by atoms with Gasteiger partial charge in [-0.3, -0.25) is 19.3 Å². The van der Waals surface area contributed by atoms with Crippen LogP contribution in [0.25, 0.3) is 0 Å². The Labute approximate surface area is 183 Å². The molecule has 1 aliphatic heterocycles. The van der Waals surface area contributed by atoms with Crippen molar-refractivity contribution in [1.29, 1.82) is 0 Å². The number of ether oxygens (including phenoxy) is 1. The maximum absolute atomic E-state index is 13.2. The van der Waals surface area contributed by atoms with Gasteiger partial charge in [0.25, 0.3) is 11.8 Å². The molecule has 1 fully saturated rings. The second-order valence-corrected chi connectivity index (χ2v) is 8.58. The van der Waals surface area contributed by atoms with Gasteiger partial charge in [0.05, 0.1) is 5.56 Å². The summed E-state index contributed by atoms with van der Waals surface area (Å²) in [4.78, 5) is 52.2. The van der Waals surface area contributed by atoms with Crippen molar-refractivity contribution in [3.05, 3.63) is 51.7 Å². The summed E-state index contributed by atoms with van der Waals surface area (Å²) in [6, 6.07) is 4.93. The molecule has 2 heterocycles. The fourth-order valence-corrected chi connectivity index (χ4v) is 4.47. The van der Waals surface area contributed by atoms with Gasteiger partial charge in [-0.1, -0.05) is 0 Å². The first-order valence-corrected chi connectivity index (χ1v) is 10.7. The molecule has 9 heteroatoms. The number of carbonyl (C=O) groups excluding carboxylic acids is 4. The van der Waals surface area contributed by atoms with Crippen LogP contribution < -0.4 is 5.32 Å². The van der Waals surface area contributed by atoms with E-state index in [0.717, 1.165) is 21.9 Å². The van der Waals surface area contributed by atoms with Crippen molar-refractivity contribution >= 4 is 40.0 Å². The Morgan fingerprint density at radius 3 is 2.48 bits per heavy atom. The van der Waals surface area contributed by atoms with Gasteiger partial charge in [0.2, 0.25) is 5.91 Å². The van der Waals surface area contributed by atoms with Gasteiger partial charge in [-0.25, -0.2) is 9.18 Å². The van der Waals surface area contributed by atoms with Gasteiger partial charge in [0.1, 0.15) is 10.8 Å². The molecule has 0 aliphatic carbocycles. The van der Waals surface area contributed by atoms with Crippen molar-refractivity contribution in [2.24, 2.45) is 0 Å². The lowest BCUT2D eigenvalue weighted by molar-refractivity contribution is -0.137. The van der Waals surface area contributed by atoms with Crippen molar-refractivity contribution in [3.63, 3.8) is 0 Å². The van der Waals surface area contributed by atoms with Gasteiger partial charge >= 0.3 is 5.97 Å². The number of hydrogen-bond acceptors (Lipinski definition) is 6. The fraction of sp³-hybridized carbons (Fsp3) is 0.364. The molecule has 2 aromatic rings. The summed E-state index contributed by atoms with van der Waals surface area (Å²) in [5.41, 5.74) is 1.06. The number of carbonyl (C=O) groups is 4. The van der Waals surface area contributed by atoms with Gasteiger partial charge in [0, 0.05) is 23.9 Å². The quantitative estimate of drug-likeness (QED) is 0.569. The number of esters is 1. The molecule has 1 saturated heterocycles. The minimum atomic E-state index is -1.12. The summed E-state index contributed by atoms with van der Waals surface area (Å²) < 4.78 is 18.7. The number of benzene rings is 1. The zero-order valence-corrected chi connectivity index (χ0v) is 18.3. The predicted octanol–water partition coefficient (Wildman–Crippen LogP) is 3.84. The molecule has 0 saturated carbocycles. The lowest BCUT2D eigenvalue weighted by Crippen LogP contribution is -2.43. The molecule has 1 aromatic heterocycles. The number of nitrogens with one attached hydrogen (secondary N) is 1. The molecule has 3 rings (SSSR count). The van der Waals surface area contributed by atoms with Gasteiger partial charge in [-0.2, -0.15) is 0 Å². The van der Waals surface area contributed by atoms with E-state index in [-0.39, 0.29) is 30.0 Å². The van der Waals surface area contributed by atoms with E-state index in [1.807, 2.05) is 6.92 Å². The van der Waals surface area contributed by atoms with Gasteiger partial charge in [0.15, 0.2) is 6.10 Å². The first kappa shape index (κ1) is 22.6. The Kier molecular flexibility index (Phi) is 6.84. The molecule has 1 atom stereocenters. The third kappa shape index (κ3) is 4.99. The van der Waals surface area contributed by atoms with E-state index in [4.69, 9.17) is 4.74 Å². The fourth-order valence-electron chi connectivity index (χ4n) is 3.38. The molecule has 31 heavy (non-hydrogen) atoms. The van der Waals surface area contributed by atoms with E-state index in [1.165, 1.54) is 30.4 Å². The Bertz CT molecular complexity index is 1030. The van der Waals surface area contributed by atoms with Crippen LogP contribution in [-0.2, 0) is 14.3 Å². The molecular weight excluding hydrogens is 423 g/mol. The third-order valence-corrected chi connectivity index (χ3v) is 6.23. The lowest BCUT2D eigenvalue weighted by atomic mass is 10.1. The molecule has 0 bridgehead atoms. The molecule has 1 aromatic carbocycles. The van der Waals surface area contributed by atoms with Crippen LogP contribution in [0.15, 0.2) is 24.3 Å². The van der Waals surface area contributed by atoms with E-state index in [2.05, 4.69) is 5.32 Å². The number of nitrogens with zero attached hydrogens (tertiary/aromatic N) is 1. The second kappa shape index (κ2) is 9.38. The zero-order valence-electron chi connectivity index (χ0n) is 17.5. The third-order valence-electron chi connectivity index (χ3n) is 5.10. The van der Waals surface area contributed by atoms with Gasteiger partial charge in [-0.15, -0.1) is 11.3 Å². The Hall–Kier alpha value is -3.07. The van der Waals surface area contributed by atoms with E-state index in [1.54, 1.807) is 6.92 Å². The maximum atomic E-state index is 13.2. The number of amides is 3. The molecule has 7 nitrogen and oxygen atoms in total. The highest BCUT2D eigenvalue weighted by Crippen LogP contribution is 2.33. The van der Waals surface area contributed by atoms with Crippen molar-refractivity contribution in [1.82, 2.24) is 4.90 Å². The summed E-state index contributed by atoms with van der Waals surface area (Å²) >= 11 is 1.26. The van der Waals surface area contributed by atoms with Crippen LogP contribution in [0.5, 0.6) is 0 Å². The SMILES string of the molecule is CC(=O)Nc1sc(C)c(C)c1C(=O)O[C@H]1CCCCN(C(=O)c2ccc(F)cc2)C1=O. The van der Waals surface area contributed by atoms with Crippen molar-refractivity contribution in [2.75, 3.05) is 11.9 Å². The standard InChI is InChI=1S/C22H23FN2O5S/c1-12-13(2)31-19(24-14(3)26)18(12)22(29)30-17-6-4-5-11-25(21(17)28)20(27)15-7-9-16(23)10-8-15/h7-10,17H,4-6,11H2,1-3H3,(H,24,26)/t17-/m0/s1. The number of likely N-dealkylation sites (tertiary alicyclic amines) is 1. The average molecular weight is 447 g/mol. The van der Waals surface area contributed by atoms with E-state index in [9.17, 15) is 23.6 Å². The Morgan fingerprint density at radius 1 is 1.16 bits per heavy atom. The van der Waals surface area contributed by atoms with Crippen LogP contribution in [0, 0.1) is 19.7 Å². The van der Waals surface area contributed by atoms with Crippen molar-refractivity contribution in [3.8, 4) is 0 Å². The van der Waals surface area contributed by atoms with Crippen LogP contribution in [0.1, 0.15) is 57.3 Å². The predicted molar refractivity (Wildman–Crippen MR) is 114 cm³/mol. The first-order valence-electron chi connectivity index (χ1n) is 9.89. The number of halogens is 1. The molecule has 0 spiro atoms. The Balaban J connectivity index is 1.82. The molecule has 0 unspecified atom stereocenters. The molecule has 0 radical (unpaired) electrons. The van der Waals surface area contributed by atoms with Crippen molar-refractivity contribution in [2.45, 2.75) is 46.1 Å². The molecule has 1 N–H and O–H groups in total. The summed E-state index contributed by atoms with van der Waals surface area (Å²) in [6.45, 7) is 5.10. The van der Waals surface area contributed by atoms with E-state index < -0.39 is 29.7 Å². The van der Waals surface area contributed by atoms with E-state index >= 15 is 0 Å². The van der Waals surface area contributed by atoms with Crippen LogP contribution in [-0.4, -0.2) is 41.2 Å². The van der Waals surface area contributed by atoms with Gasteiger partial charge in [-0.05, 0) is 62.9 Å². The largest absolute Gasteiger partial charge is 0.449 e. The summed E-state index contributed by atoms with van der Waals surface area (Å²) in [6.07, 6.45) is 0.330. The maximum Gasteiger partial charge on any atom is 0.342 e. The van der Waals surface area contributed by atoms with Crippen LogP contribution in [0.4, 0.5) is 9.39 Å². The minimum Gasteiger partial charge on any atom is -0.449 e. The number of anilines is 1. The summed E-state index contributed by atoms with van der Waals surface area (Å²) in [5, 5.41) is 3.00. The number of rotatable bonds is 4. The van der Waals surface area contributed by atoms with Crippen molar-refractivity contribution < 1.29 is 28.3 Å². The monoisotopic (exact) mass is 446 g/mol. The smallest absolute Gasteiger partial charge is 0.342 e. The molecule has 164 valence electrons. The molecule has 3 amide bonds. The summed E-state index contributed by atoms with van der Waals surface area (Å²) in [5.74, 6) is -2.70. The zero-order chi connectivity index (χ0) is 22.7. The van der Waals surface area contributed by atoms with Gasteiger partial charge < -0.3 is 10.1 Å². The van der Waals surface area contributed by atoms with Crippen LogP contribution in [0.3, 0.4) is 0 Å². The number of aryl methyl sites for hydroxylation is 1. The summed E-state index contributed by atoms with van der Waals surface area (Å²) in [7, 11) is 0. The second-order valence-electron chi connectivity index (χ2n) is 7.36. The number of hydrogen-bond donors (Lipinski definition) is 1. The highest BCUT2D eigenvalue weighted by atomic mass is 32.1. The molecule has 1 aliphatic rings.